The van der Waals surface area contributed by atoms with Gasteiger partial charge in [0.25, 0.3) is 0 Å². The highest BCUT2D eigenvalue weighted by atomic mass is 35.5. The van der Waals surface area contributed by atoms with Gasteiger partial charge in [-0.1, -0.05) is 35.3 Å². The van der Waals surface area contributed by atoms with Gasteiger partial charge in [-0.15, -0.1) is 11.3 Å². The van der Waals surface area contributed by atoms with Gasteiger partial charge in [-0.2, -0.15) is 0 Å². The number of cyclic esters (lactones) is 1. The van der Waals surface area contributed by atoms with Gasteiger partial charge < -0.3 is 4.74 Å². The molecule has 3 aromatic rings. The zero-order valence-electron chi connectivity index (χ0n) is 13.0. The molecule has 4 rings (SSSR count). The second-order valence-electron chi connectivity index (χ2n) is 5.28. The van der Waals surface area contributed by atoms with Crippen LogP contribution in [-0.2, 0) is 9.53 Å². The van der Waals surface area contributed by atoms with Crippen molar-refractivity contribution in [3.05, 3.63) is 75.1 Å². The van der Waals surface area contributed by atoms with Crippen molar-refractivity contribution in [2.45, 2.75) is 0 Å². The smallest absolute Gasteiger partial charge is 0.363 e. The van der Waals surface area contributed by atoms with Crippen LogP contribution in [0.1, 0.15) is 11.4 Å². The van der Waals surface area contributed by atoms with Crippen LogP contribution in [0.5, 0.6) is 0 Å². The maximum absolute atomic E-state index is 12.1. The fraction of sp³-hybridized carbons (Fsp3) is 0. The molecule has 0 saturated heterocycles. The molecule has 0 amide bonds. The molecule has 0 bridgehead atoms. The van der Waals surface area contributed by atoms with Crippen molar-refractivity contribution in [3.63, 3.8) is 0 Å². The lowest BCUT2D eigenvalue weighted by molar-refractivity contribution is -0.129. The largest absolute Gasteiger partial charge is 0.400 e. The summed E-state index contributed by atoms with van der Waals surface area (Å²) in [6.07, 6.45) is 3.10. The molecular weight excluding hydrogens is 393 g/mol. The van der Waals surface area contributed by atoms with E-state index in [2.05, 4.69) is 15.0 Å². The fourth-order valence-electron chi connectivity index (χ4n) is 2.26. The second kappa shape index (κ2) is 6.99. The SMILES string of the molecule is O=C1OC(c2cc(Cl)ccn2)=N/C1=C\c1csc(-c2ccc(Cl)cc2)n1. The summed E-state index contributed by atoms with van der Waals surface area (Å²) < 4.78 is 5.17. The highest BCUT2D eigenvalue weighted by Gasteiger charge is 2.25. The van der Waals surface area contributed by atoms with Crippen molar-refractivity contribution >= 4 is 52.5 Å². The third-order valence-corrected chi connectivity index (χ3v) is 4.86. The van der Waals surface area contributed by atoms with Crippen molar-refractivity contribution in [3.8, 4) is 10.6 Å². The lowest BCUT2D eigenvalue weighted by Gasteiger charge is -1.97. The molecule has 0 fully saturated rings. The zero-order valence-corrected chi connectivity index (χ0v) is 15.3. The molecule has 1 aliphatic heterocycles. The summed E-state index contributed by atoms with van der Waals surface area (Å²) in [4.78, 5) is 24.9. The molecule has 1 aliphatic rings. The average molecular weight is 402 g/mol. The Hall–Kier alpha value is -2.54. The van der Waals surface area contributed by atoms with Gasteiger partial charge in [0, 0.05) is 27.2 Å². The van der Waals surface area contributed by atoms with Crippen LogP contribution in [0.15, 0.2) is 58.7 Å². The number of pyridine rings is 1. The third kappa shape index (κ3) is 3.53. The van der Waals surface area contributed by atoms with Gasteiger partial charge in [-0.25, -0.2) is 14.8 Å². The first-order valence-electron chi connectivity index (χ1n) is 7.44. The molecule has 0 spiro atoms. The molecule has 2 aromatic heterocycles. The quantitative estimate of drug-likeness (QED) is 0.464. The Morgan fingerprint density at radius 1 is 1.08 bits per heavy atom. The number of thiazole rings is 1. The van der Waals surface area contributed by atoms with E-state index in [0.29, 0.717) is 21.4 Å². The maximum Gasteiger partial charge on any atom is 0.363 e. The fourth-order valence-corrected chi connectivity index (χ4v) is 3.33. The molecule has 128 valence electrons. The first-order valence-corrected chi connectivity index (χ1v) is 9.08. The normalized spacial score (nSPS) is 15.2. The van der Waals surface area contributed by atoms with Gasteiger partial charge in [0.15, 0.2) is 5.70 Å². The molecule has 0 atom stereocenters. The van der Waals surface area contributed by atoms with E-state index in [1.54, 1.807) is 30.3 Å². The Morgan fingerprint density at radius 2 is 1.88 bits per heavy atom. The van der Waals surface area contributed by atoms with E-state index in [4.69, 9.17) is 27.9 Å². The minimum atomic E-state index is -0.553. The number of carbonyl (C=O) groups is 1. The zero-order chi connectivity index (χ0) is 18.1. The Labute approximate surface area is 162 Å². The first kappa shape index (κ1) is 16.9. The summed E-state index contributed by atoms with van der Waals surface area (Å²) in [7, 11) is 0. The van der Waals surface area contributed by atoms with Gasteiger partial charge in [-0.3, -0.25) is 4.98 Å². The van der Waals surface area contributed by atoms with E-state index in [9.17, 15) is 4.79 Å². The monoisotopic (exact) mass is 401 g/mol. The van der Waals surface area contributed by atoms with Crippen molar-refractivity contribution < 1.29 is 9.53 Å². The van der Waals surface area contributed by atoms with E-state index in [1.807, 2.05) is 17.5 Å². The molecule has 0 saturated carbocycles. The third-order valence-electron chi connectivity index (χ3n) is 3.46. The number of esters is 1. The Kier molecular flexibility index (Phi) is 4.55. The van der Waals surface area contributed by atoms with E-state index in [-0.39, 0.29) is 11.6 Å². The van der Waals surface area contributed by atoms with E-state index >= 15 is 0 Å². The van der Waals surface area contributed by atoms with E-state index in [0.717, 1.165) is 10.6 Å². The highest BCUT2D eigenvalue weighted by Crippen LogP contribution is 2.27. The summed E-state index contributed by atoms with van der Waals surface area (Å²) in [6.45, 7) is 0. The molecule has 0 N–H and O–H groups in total. The molecule has 5 nitrogen and oxygen atoms in total. The van der Waals surface area contributed by atoms with Crippen LogP contribution in [0.25, 0.3) is 16.6 Å². The number of carbonyl (C=O) groups excluding carboxylic acids is 1. The van der Waals surface area contributed by atoms with Crippen molar-refractivity contribution in [2.75, 3.05) is 0 Å². The summed E-state index contributed by atoms with van der Waals surface area (Å²) in [6, 6.07) is 10.6. The van der Waals surface area contributed by atoms with Crippen LogP contribution in [0.3, 0.4) is 0 Å². The number of halogens is 2. The average Bonchev–Trinajstić information content (AvgIpc) is 3.23. The predicted molar refractivity (Wildman–Crippen MR) is 102 cm³/mol. The molecule has 0 aliphatic carbocycles. The van der Waals surface area contributed by atoms with Crippen LogP contribution in [-0.4, -0.2) is 21.8 Å². The number of rotatable bonds is 3. The molecule has 8 heteroatoms. The van der Waals surface area contributed by atoms with Gasteiger partial charge in [0.2, 0.25) is 5.90 Å². The standard InChI is InChI=1S/C18H9Cl2N3O2S/c19-11-3-1-10(2-4-11)17-22-13(9-26-17)8-15-18(24)25-16(23-15)14-7-12(20)5-6-21-14/h1-9H/b15-8-. The second-order valence-corrected chi connectivity index (χ2v) is 7.01. The van der Waals surface area contributed by atoms with Crippen LogP contribution >= 0.6 is 34.5 Å². The summed E-state index contributed by atoms with van der Waals surface area (Å²) in [5.74, 6) is -0.431. The summed E-state index contributed by atoms with van der Waals surface area (Å²) in [5.41, 5.74) is 2.13. The molecule has 3 heterocycles. The van der Waals surface area contributed by atoms with Gasteiger partial charge in [0.1, 0.15) is 10.7 Å². The number of hydrogen-bond donors (Lipinski definition) is 0. The molecule has 0 radical (unpaired) electrons. The maximum atomic E-state index is 12.1. The van der Waals surface area contributed by atoms with Gasteiger partial charge in [-0.05, 0) is 30.3 Å². The van der Waals surface area contributed by atoms with Crippen LogP contribution in [0, 0.1) is 0 Å². The number of ether oxygens (including phenoxy) is 1. The van der Waals surface area contributed by atoms with E-state index < -0.39 is 5.97 Å². The predicted octanol–water partition coefficient (Wildman–Crippen LogP) is 4.86. The van der Waals surface area contributed by atoms with Gasteiger partial charge in [0.05, 0.1) is 5.69 Å². The van der Waals surface area contributed by atoms with Crippen LogP contribution in [0.2, 0.25) is 10.0 Å². The molecule has 0 unspecified atom stereocenters. The Balaban J connectivity index is 1.62. The molecular formula is C18H9Cl2N3O2S. The molecule has 1 aromatic carbocycles. The Morgan fingerprint density at radius 3 is 2.65 bits per heavy atom. The number of nitrogens with zero attached hydrogens (tertiary/aromatic N) is 3. The number of hydrogen-bond acceptors (Lipinski definition) is 6. The first-order chi connectivity index (χ1) is 12.6. The number of benzene rings is 1. The number of aliphatic imine (C=N–C) groups is 1. The number of aromatic nitrogens is 2. The van der Waals surface area contributed by atoms with E-state index in [1.165, 1.54) is 17.5 Å². The highest BCUT2D eigenvalue weighted by molar-refractivity contribution is 7.13. The lowest BCUT2D eigenvalue weighted by atomic mass is 10.2. The van der Waals surface area contributed by atoms with Crippen molar-refractivity contribution in [1.82, 2.24) is 9.97 Å². The Bertz CT molecular complexity index is 1060. The van der Waals surface area contributed by atoms with Crippen LogP contribution < -0.4 is 0 Å². The topological polar surface area (TPSA) is 64.4 Å². The minimum Gasteiger partial charge on any atom is -0.400 e. The van der Waals surface area contributed by atoms with Crippen LogP contribution in [0.4, 0.5) is 0 Å². The lowest BCUT2D eigenvalue weighted by Crippen LogP contribution is -2.07. The minimum absolute atomic E-state index is 0.122. The summed E-state index contributed by atoms with van der Waals surface area (Å²) in [5, 5.41) is 3.81. The summed E-state index contributed by atoms with van der Waals surface area (Å²) >= 11 is 13.3. The van der Waals surface area contributed by atoms with Crippen molar-refractivity contribution in [2.24, 2.45) is 4.99 Å². The molecule has 26 heavy (non-hydrogen) atoms. The van der Waals surface area contributed by atoms with Gasteiger partial charge >= 0.3 is 5.97 Å². The van der Waals surface area contributed by atoms with Crippen molar-refractivity contribution in [1.29, 1.82) is 0 Å².